The number of hydrogen-bond donors (Lipinski definition) is 1. The Morgan fingerprint density at radius 1 is 1.59 bits per heavy atom. The SMILES string of the molecule is CCN1CCC(OC(=O)CC(C)C)N(O)C1=O. The van der Waals surface area contributed by atoms with Gasteiger partial charge in [0.1, 0.15) is 0 Å². The number of urea groups is 1. The van der Waals surface area contributed by atoms with Gasteiger partial charge in [0, 0.05) is 25.9 Å². The van der Waals surface area contributed by atoms with Crippen LogP contribution in [0.2, 0.25) is 0 Å². The molecule has 1 fully saturated rings. The molecule has 1 saturated heterocycles. The number of hydrogen-bond acceptors (Lipinski definition) is 4. The van der Waals surface area contributed by atoms with Crippen molar-refractivity contribution in [2.45, 2.75) is 39.8 Å². The molecule has 0 aromatic rings. The van der Waals surface area contributed by atoms with Gasteiger partial charge in [-0.3, -0.25) is 10.0 Å². The van der Waals surface area contributed by atoms with Crippen LogP contribution in [0, 0.1) is 5.92 Å². The highest BCUT2D eigenvalue weighted by Gasteiger charge is 2.34. The average Bonchev–Trinajstić information content (AvgIpc) is 2.24. The van der Waals surface area contributed by atoms with Gasteiger partial charge in [0.2, 0.25) is 6.23 Å². The summed E-state index contributed by atoms with van der Waals surface area (Å²) in [6.07, 6.45) is -0.132. The van der Waals surface area contributed by atoms with Crippen molar-refractivity contribution in [2.24, 2.45) is 5.92 Å². The smallest absolute Gasteiger partial charge is 0.347 e. The molecule has 2 amide bonds. The number of rotatable bonds is 4. The van der Waals surface area contributed by atoms with Crippen molar-refractivity contribution < 1.29 is 19.5 Å². The Morgan fingerprint density at radius 2 is 2.24 bits per heavy atom. The quantitative estimate of drug-likeness (QED) is 0.600. The molecule has 1 heterocycles. The third-order valence-corrected chi connectivity index (χ3v) is 2.61. The van der Waals surface area contributed by atoms with Gasteiger partial charge >= 0.3 is 12.0 Å². The predicted molar refractivity (Wildman–Crippen MR) is 60.2 cm³/mol. The Labute approximate surface area is 101 Å². The summed E-state index contributed by atoms with van der Waals surface area (Å²) < 4.78 is 5.07. The molecule has 0 bridgehead atoms. The molecular formula is C11H20N2O4. The van der Waals surface area contributed by atoms with Crippen molar-refractivity contribution in [3.8, 4) is 0 Å². The second kappa shape index (κ2) is 5.86. The van der Waals surface area contributed by atoms with E-state index in [0.29, 0.717) is 24.6 Å². The molecule has 0 aromatic carbocycles. The molecule has 0 aromatic heterocycles. The molecule has 1 atom stereocenters. The fourth-order valence-corrected chi connectivity index (χ4v) is 1.69. The van der Waals surface area contributed by atoms with Crippen molar-refractivity contribution in [1.82, 2.24) is 9.96 Å². The summed E-state index contributed by atoms with van der Waals surface area (Å²) in [5, 5.41) is 10.1. The Morgan fingerprint density at radius 3 is 2.76 bits per heavy atom. The first-order chi connectivity index (χ1) is 7.95. The van der Waals surface area contributed by atoms with Gasteiger partial charge in [-0.15, -0.1) is 0 Å². The number of ether oxygens (including phenoxy) is 1. The van der Waals surface area contributed by atoms with E-state index < -0.39 is 12.3 Å². The van der Waals surface area contributed by atoms with Crippen LogP contribution in [0.25, 0.3) is 0 Å². The van der Waals surface area contributed by atoms with Gasteiger partial charge in [-0.05, 0) is 12.8 Å². The van der Waals surface area contributed by atoms with E-state index in [1.54, 1.807) is 0 Å². The Balaban J connectivity index is 2.51. The van der Waals surface area contributed by atoms with Gasteiger partial charge in [0.15, 0.2) is 0 Å². The van der Waals surface area contributed by atoms with Crippen molar-refractivity contribution in [2.75, 3.05) is 13.1 Å². The van der Waals surface area contributed by atoms with E-state index in [2.05, 4.69) is 0 Å². The number of nitrogens with zero attached hydrogens (tertiary/aromatic N) is 2. The molecule has 6 nitrogen and oxygen atoms in total. The Kier molecular flexibility index (Phi) is 4.74. The summed E-state index contributed by atoms with van der Waals surface area (Å²) in [6.45, 7) is 6.66. The van der Waals surface area contributed by atoms with Crippen LogP contribution >= 0.6 is 0 Å². The molecule has 6 heteroatoms. The van der Waals surface area contributed by atoms with Crippen molar-refractivity contribution >= 4 is 12.0 Å². The summed E-state index contributed by atoms with van der Waals surface area (Å²) >= 11 is 0. The molecule has 0 aliphatic carbocycles. The van der Waals surface area contributed by atoms with Crippen molar-refractivity contribution in [3.05, 3.63) is 0 Å². The van der Waals surface area contributed by atoms with E-state index in [9.17, 15) is 14.8 Å². The summed E-state index contributed by atoms with van der Waals surface area (Å²) in [7, 11) is 0. The highest BCUT2D eigenvalue weighted by molar-refractivity contribution is 5.75. The van der Waals surface area contributed by atoms with E-state index in [4.69, 9.17) is 4.74 Å². The van der Waals surface area contributed by atoms with E-state index in [1.807, 2.05) is 20.8 Å². The maximum absolute atomic E-state index is 11.6. The molecule has 1 N–H and O–H groups in total. The lowest BCUT2D eigenvalue weighted by Crippen LogP contribution is -2.54. The van der Waals surface area contributed by atoms with Crippen molar-refractivity contribution in [1.29, 1.82) is 0 Å². The lowest BCUT2D eigenvalue weighted by molar-refractivity contribution is -0.205. The highest BCUT2D eigenvalue weighted by Crippen LogP contribution is 2.16. The number of esters is 1. The number of hydroxylamine groups is 2. The molecule has 1 aliphatic rings. The van der Waals surface area contributed by atoms with Crippen LogP contribution < -0.4 is 0 Å². The normalized spacial score (nSPS) is 21.0. The van der Waals surface area contributed by atoms with Gasteiger partial charge in [0.05, 0.1) is 0 Å². The maximum atomic E-state index is 11.6. The second-order valence-corrected chi connectivity index (χ2v) is 4.54. The van der Waals surface area contributed by atoms with Crippen LogP contribution in [0.1, 0.15) is 33.6 Å². The lowest BCUT2D eigenvalue weighted by atomic mass is 10.1. The lowest BCUT2D eigenvalue weighted by Gasteiger charge is -2.36. The zero-order chi connectivity index (χ0) is 13.0. The molecule has 17 heavy (non-hydrogen) atoms. The van der Waals surface area contributed by atoms with E-state index in [1.165, 1.54) is 4.90 Å². The minimum absolute atomic E-state index is 0.195. The van der Waals surface area contributed by atoms with Crippen molar-refractivity contribution in [3.63, 3.8) is 0 Å². The van der Waals surface area contributed by atoms with Crippen LogP contribution in [0.5, 0.6) is 0 Å². The molecule has 98 valence electrons. The molecule has 1 rings (SSSR count). The minimum atomic E-state index is -0.850. The summed E-state index contributed by atoms with van der Waals surface area (Å²) in [5.74, 6) is -0.192. The monoisotopic (exact) mass is 244 g/mol. The predicted octanol–water partition coefficient (Wildman–Crippen LogP) is 1.44. The fourth-order valence-electron chi connectivity index (χ4n) is 1.69. The zero-order valence-electron chi connectivity index (χ0n) is 10.5. The molecular weight excluding hydrogens is 224 g/mol. The Bertz CT molecular complexity index is 293. The first kappa shape index (κ1) is 13.8. The van der Waals surface area contributed by atoms with Crippen LogP contribution in [-0.4, -0.2) is 46.5 Å². The minimum Gasteiger partial charge on any atom is -0.439 e. The fraction of sp³-hybridized carbons (Fsp3) is 0.818. The number of carbonyl (C=O) groups is 2. The molecule has 1 unspecified atom stereocenters. The zero-order valence-corrected chi connectivity index (χ0v) is 10.5. The summed E-state index contributed by atoms with van der Waals surface area (Å²) in [5.41, 5.74) is 0. The standard InChI is InChI=1S/C11H20N2O4/c1-4-12-6-5-9(13(16)11(12)15)17-10(14)7-8(2)3/h8-9,16H,4-7H2,1-3H3. The van der Waals surface area contributed by atoms with Crippen LogP contribution in [-0.2, 0) is 9.53 Å². The van der Waals surface area contributed by atoms with Crippen LogP contribution in [0.4, 0.5) is 4.79 Å². The van der Waals surface area contributed by atoms with E-state index in [-0.39, 0.29) is 18.3 Å². The van der Waals surface area contributed by atoms with E-state index >= 15 is 0 Å². The highest BCUT2D eigenvalue weighted by atomic mass is 16.6. The largest absolute Gasteiger partial charge is 0.439 e. The molecule has 0 spiro atoms. The van der Waals surface area contributed by atoms with Crippen LogP contribution in [0.3, 0.4) is 0 Å². The topological polar surface area (TPSA) is 70.1 Å². The van der Waals surface area contributed by atoms with Gasteiger partial charge in [-0.25, -0.2) is 4.79 Å². The Hall–Kier alpha value is -1.30. The first-order valence-corrected chi connectivity index (χ1v) is 5.92. The van der Waals surface area contributed by atoms with Gasteiger partial charge in [-0.2, -0.15) is 5.06 Å². The molecule has 0 saturated carbocycles. The maximum Gasteiger partial charge on any atom is 0.347 e. The molecule has 0 radical (unpaired) electrons. The number of carbonyl (C=O) groups excluding carboxylic acids is 2. The summed E-state index contributed by atoms with van der Waals surface area (Å²) in [6, 6.07) is -0.513. The summed E-state index contributed by atoms with van der Waals surface area (Å²) in [4.78, 5) is 24.5. The first-order valence-electron chi connectivity index (χ1n) is 5.92. The van der Waals surface area contributed by atoms with Crippen LogP contribution in [0.15, 0.2) is 0 Å². The second-order valence-electron chi connectivity index (χ2n) is 4.54. The van der Waals surface area contributed by atoms with Gasteiger partial charge in [-0.1, -0.05) is 13.8 Å². The van der Waals surface area contributed by atoms with Gasteiger partial charge in [0.25, 0.3) is 0 Å². The molecule has 1 aliphatic heterocycles. The third-order valence-electron chi connectivity index (χ3n) is 2.61. The van der Waals surface area contributed by atoms with Gasteiger partial charge < -0.3 is 9.64 Å². The average molecular weight is 244 g/mol. The third kappa shape index (κ3) is 3.59. The van der Waals surface area contributed by atoms with E-state index in [0.717, 1.165) is 0 Å². The number of amides is 2.